The van der Waals surface area contributed by atoms with Crippen LogP contribution in [-0.2, 0) is 4.74 Å². The minimum atomic E-state index is -0.575. The van der Waals surface area contributed by atoms with Crippen molar-refractivity contribution >= 4 is 17.7 Å². The second kappa shape index (κ2) is 4.80. The lowest BCUT2D eigenvalue weighted by Gasteiger charge is -2.01. The fraction of sp³-hybridized carbons (Fsp3) is 0.375. The molecule has 6 heteroatoms. The van der Waals surface area contributed by atoms with Crippen molar-refractivity contribution < 1.29 is 9.53 Å². The number of thioether (sulfide) groups is 1. The summed E-state index contributed by atoms with van der Waals surface area (Å²) >= 11 is 1.26. The minimum Gasteiger partial charge on any atom is -0.461 e. The van der Waals surface area contributed by atoms with E-state index >= 15 is 0 Å². The van der Waals surface area contributed by atoms with E-state index in [1.807, 2.05) is 0 Å². The van der Waals surface area contributed by atoms with E-state index in [-0.39, 0.29) is 17.9 Å². The molecule has 0 saturated heterocycles. The SMILES string of the molecule is CCOC(=O)c1cc(=O)[nH]c(SC)n1. The van der Waals surface area contributed by atoms with Crippen LogP contribution in [0.5, 0.6) is 0 Å². The number of aromatic nitrogens is 2. The monoisotopic (exact) mass is 214 g/mol. The second-order valence-corrected chi connectivity index (χ2v) is 3.16. The Bertz CT molecular complexity index is 388. The van der Waals surface area contributed by atoms with Gasteiger partial charge in [0.15, 0.2) is 10.9 Å². The fourth-order valence-electron chi connectivity index (χ4n) is 0.842. The molecule has 0 aromatic carbocycles. The Morgan fingerprint density at radius 1 is 1.71 bits per heavy atom. The zero-order valence-corrected chi connectivity index (χ0v) is 8.68. The Morgan fingerprint density at radius 2 is 2.43 bits per heavy atom. The first-order valence-corrected chi connectivity index (χ1v) is 5.22. The predicted molar refractivity (Wildman–Crippen MR) is 52.6 cm³/mol. The van der Waals surface area contributed by atoms with Crippen LogP contribution in [0.1, 0.15) is 17.4 Å². The molecule has 1 aromatic heterocycles. The first-order chi connectivity index (χ1) is 6.67. The van der Waals surface area contributed by atoms with Gasteiger partial charge in [-0.25, -0.2) is 9.78 Å². The van der Waals surface area contributed by atoms with Crippen LogP contribution in [0, 0.1) is 0 Å². The molecule has 1 N–H and O–H groups in total. The molecule has 1 rings (SSSR count). The molecule has 0 radical (unpaired) electrons. The van der Waals surface area contributed by atoms with Gasteiger partial charge in [0.1, 0.15) is 0 Å². The fourth-order valence-corrected chi connectivity index (χ4v) is 1.23. The van der Waals surface area contributed by atoms with Gasteiger partial charge in [-0.3, -0.25) is 4.79 Å². The summed E-state index contributed by atoms with van der Waals surface area (Å²) in [5, 5.41) is 0.403. The van der Waals surface area contributed by atoms with E-state index in [1.165, 1.54) is 11.8 Å². The van der Waals surface area contributed by atoms with Crippen molar-refractivity contribution in [2.24, 2.45) is 0 Å². The summed E-state index contributed by atoms with van der Waals surface area (Å²) in [4.78, 5) is 28.7. The van der Waals surface area contributed by atoms with Crippen molar-refractivity contribution in [1.82, 2.24) is 9.97 Å². The molecule has 76 valence electrons. The van der Waals surface area contributed by atoms with Gasteiger partial charge in [0.25, 0.3) is 5.56 Å². The number of H-pyrrole nitrogens is 1. The molecule has 0 atom stereocenters. The lowest BCUT2D eigenvalue weighted by atomic mass is 10.4. The van der Waals surface area contributed by atoms with Gasteiger partial charge in [0, 0.05) is 6.07 Å². The van der Waals surface area contributed by atoms with E-state index in [0.29, 0.717) is 5.16 Å². The lowest BCUT2D eigenvalue weighted by Crippen LogP contribution is -2.15. The Balaban J connectivity index is 3.03. The molecular formula is C8H10N2O3S. The number of rotatable bonds is 3. The van der Waals surface area contributed by atoms with Crippen LogP contribution < -0.4 is 5.56 Å². The maximum absolute atomic E-state index is 11.2. The molecule has 1 heterocycles. The summed E-state index contributed by atoms with van der Waals surface area (Å²) in [5.41, 5.74) is -0.313. The third kappa shape index (κ3) is 2.59. The first-order valence-electron chi connectivity index (χ1n) is 4.00. The molecule has 5 nitrogen and oxygen atoms in total. The number of nitrogens with one attached hydrogen (secondary N) is 1. The van der Waals surface area contributed by atoms with Gasteiger partial charge < -0.3 is 9.72 Å². The highest BCUT2D eigenvalue weighted by Crippen LogP contribution is 2.06. The van der Waals surface area contributed by atoms with Crippen LogP contribution in [0.4, 0.5) is 0 Å². The number of hydrogen-bond donors (Lipinski definition) is 1. The molecule has 0 amide bonds. The van der Waals surface area contributed by atoms with Crippen molar-refractivity contribution in [2.75, 3.05) is 12.9 Å². The number of nitrogens with zero attached hydrogens (tertiary/aromatic N) is 1. The number of carbonyl (C=O) groups excluding carboxylic acids is 1. The van der Waals surface area contributed by atoms with Gasteiger partial charge >= 0.3 is 5.97 Å². The van der Waals surface area contributed by atoms with Crippen LogP contribution >= 0.6 is 11.8 Å². The molecule has 0 spiro atoms. The van der Waals surface area contributed by atoms with Crippen molar-refractivity contribution in [3.8, 4) is 0 Å². The van der Waals surface area contributed by atoms with E-state index < -0.39 is 5.97 Å². The van der Waals surface area contributed by atoms with E-state index in [4.69, 9.17) is 4.74 Å². The van der Waals surface area contributed by atoms with Crippen molar-refractivity contribution in [1.29, 1.82) is 0 Å². The average molecular weight is 214 g/mol. The third-order valence-corrected chi connectivity index (χ3v) is 1.98. The molecule has 0 aliphatic carbocycles. The number of ether oxygens (including phenoxy) is 1. The van der Waals surface area contributed by atoms with Gasteiger partial charge in [-0.15, -0.1) is 0 Å². The predicted octanol–water partition coefficient (Wildman–Crippen LogP) is 0.668. The average Bonchev–Trinajstić information content (AvgIpc) is 2.17. The highest BCUT2D eigenvalue weighted by molar-refractivity contribution is 7.98. The van der Waals surface area contributed by atoms with E-state index in [0.717, 1.165) is 6.07 Å². The van der Waals surface area contributed by atoms with E-state index in [2.05, 4.69) is 9.97 Å². The summed E-state index contributed by atoms with van der Waals surface area (Å²) in [6.07, 6.45) is 1.76. The van der Waals surface area contributed by atoms with Gasteiger partial charge in [-0.2, -0.15) is 0 Å². The molecule has 0 unspecified atom stereocenters. The minimum absolute atomic E-state index is 0.0416. The zero-order valence-electron chi connectivity index (χ0n) is 7.86. The molecule has 0 saturated carbocycles. The number of esters is 1. The summed E-state index contributed by atoms with van der Waals surface area (Å²) in [6.45, 7) is 1.96. The molecule has 0 fully saturated rings. The lowest BCUT2D eigenvalue weighted by molar-refractivity contribution is 0.0518. The molecular weight excluding hydrogens is 204 g/mol. The molecule has 1 aromatic rings. The summed E-state index contributed by atoms with van der Waals surface area (Å²) < 4.78 is 4.72. The van der Waals surface area contributed by atoms with Gasteiger partial charge in [0.05, 0.1) is 6.61 Å². The van der Waals surface area contributed by atoms with E-state index in [9.17, 15) is 9.59 Å². The van der Waals surface area contributed by atoms with Crippen LogP contribution in [-0.4, -0.2) is 28.8 Å². The van der Waals surface area contributed by atoms with Crippen LogP contribution in [0.3, 0.4) is 0 Å². The van der Waals surface area contributed by atoms with Gasteiger partial charge in [-0.1, -0.05) is 11.8 Å². The number of hydrogen-bond acceptors (Lipinski definition) is 5. The van der Waals surface area contributed by atoms with Crippen LogP contribution in [0.2, 0.25) is 0 Å². The Kier molecular flexibility index (Phi) is 3.70. The molecule has 14 heavy (non-hydrogen) atoms. The third-order valence-electron chi connectivity index (χ3n) is 1.40. The van der Waals surface area contributed by atoms with Crippen molar-refractivity contribution in [3.63, 3.8) is 0 Å². The molecule has 0 aliphatic rings. The number of carbonyl (C=O) groups is 1. The maximum Gasteiger partial charge on any atom is 0.357 e. The van der Waals surface area contributed by atoms with Crippen molar-refractivity contribution in [2.45, 2.75) is 12.1 Å². The van der Waals surface area contributed by atoms with Crippen molar-refractivity contribution in [3.05, 3.63) is 22.1 Å². The molecule has 0 bridgehead atoms. The highest BCUT2D eigenvalue weighted by atomic mass is 32.2. The standard InChI is InChI=1S/C8H10N2O3S/c1-3-13-7(12)5-4-6(11)10-8(9-5)14-2/h4H,3H2,1-2H3,(H,9,10,11). The second-order valence-electron chi connectivity index (χ2n) is 2.36. The Morgan fingerprint density at radius 3 is 3.00 bits per heavy atom. The van der Waals surface area contributed by atoms with Crippen LogP contribution in [0.15, 0.2) is 16.0 Å². The topological polar surface area (TPSA) is 72.1 Å². The largest absolute Gasteiger partial charge is 0.461 e. The molecule has 0 aliphatic heterocycles. The summed E-state index contributed by atoms with van der Waals surface area (Å²) in [6, 6.07) is 1.12. The smallest absolute Gasteiger partial charge is 0.357 e. The first kappa shape index (κ1) is 10.8. The Labute approximate surface area is 84.9 Å². The van der Waals surface area contributed by atoms with Crippen LogP contribution in [0.25, 0.3) is 0 Å². The maximum atomic E-state index is 11.2. The van der Waals surface area contributed by atoms with E-state index in [1.54, 1.807) is 13.2 Å². The quantitative estimate of drug-likeness (QED) is 0.455. The zero-order chi connectivity index (χ0) is 10.6. The Hall–Kier alpha value is -1.30. The van der Waals surface area contributed by atoms with Gasteiger partial charge in [-0.05, 0) is 13.2 Å². The summed E-state index contributed by atoms with van der Waals surface area (Å²) in [5.74, 6) is -0.575. The highest BCUT2D eigenvalue weighted by Gasteiger charge is 2.10. The number of aromatic amines is 1. The van der Waals surface area contributed by atoms with Gasteiger partial charge in [0.2, 0.25) is 0 Å². The summed E-state index contributed by atoms with van der Waals surface area (Å²) in [7, 11) is 0. The normalized spacial score (nSPS) is 9.86.